The molecule has 0 saturated carbocycles. The molecule has 0 bridgehead atoms. The van der Waals surface area contributed by atoms with Crippen molar-refractivity contribution in [3.05, 3.63) is 30.5 Å². The third-order valence-corrected chi connectivity index (χ3v) is 4.69. The lowest BCUT2D eigenvalue weighted by molar-refractivity contribution is 0.296. The highest BCUT2D eigenvalue weighted by molar-refractivity contribution is 8.93. The second-order valence-corrected chi connectivity index (χ2v) is 6.21. The Morgan fingerprint density at radius 3 is 2.27 bits per heavy atom. The van der Waals surface area contributed by atoms with Crippen molar-refractivity contribution >= 4 is 50.6 Å². The van der Waals surface area contributed by atoms with Gasteiger partial charge in [0.2, 0.25) is 0 Å². The topological polar surface area (TPSA) is 39.6 Å². The van der Waals surface area contributed by atoms with Gasteiger partial charge in [-0.05, 0) is 51.5 Å². The number of nitrogens with zero attached hydrogens (tertiary/aromatic N) is 3. The minimum Gasteiger partial charge on any atom is -0.508 e. The highest BCUT2D eigenvalue weighted by atomic mass is 79.9. The fraction of sp³-hybridized carbons (Fsp3) is 0.550. The zero-order chi connectivity index (χ0) is 17.4. The van der Waals surface area contributed by atoms with Crippen LogP contribution in [-0.2, 0) is 0 Å². The van der Waals surface area contributed by atoms with E-state index in [1.165, 1.54) is 25.8 Å². The van der Waals surface area contributed by atoms with Crippen LogP contribution in [0.5, 0.6) is 5.75 Å². The Morgan fingerprint density at radius 2 is 1.62 bits per heavy atom. The molecule has 0 amide bonds. The Labute approximate surface area is 179 Å². The van der Waals surface area contributed by atoms with Crippen molar-refractivity contribution in [2.75, 3.05) is 37.6 Å². The molecule has 4 nitrogen and oxygen atoms in total. The number of rotatable bonds is 10. The van der Waals surface area contributed by atoms with Gasteiger partial charge in [-0.2, -0.15) is 0 Å². The minimum absolute atomic E-state index is 0. The summed E-state index contributed by atoms with van der Waals surface area (Å²) < 4.78 is 0. The number of hydrogen-bond acceptors (Lipinski definition) is 4. The number of fused-ring (bicyclic) bond motifs is 1. The van der Waals surface area contributed by atoms with Crippen LogP contribution in [0, 0.1) is 0 Å². The molecule has 1 N–H and O–H groups in total. The van der Waals surface area contributed by atoms with Crippen LogP contribution in [-0.4, -0.2) is 47.7 Å². The molecule has 0 unspecified atom stereocenters. The van der Waals surface area contributed by atoms with Crippen LogP contribution in [0.25, 0.3) is 10.9 Å². The van der Waals surface area contributed by atoms with Crippen LogP contribution in [0.15, 0.2) is 30.5 Å². The summed E-state index contributed by atoms with van der Waals surface area (Å²) in [5, 5.41) is 11.0. The van der Waals surface area contributed by atoms with Crippen molar-refractivity contribution in [1.29, 1.82) is 0 Å². The Hall–Kier alpha value is -0.850. The van der Waals surface area contributed by atoms with Gasteiger partial charge in [-0.3, -0.25) is 4.98 Å². The first kappa shape index (κ1) is 25.1. The summed E-state index contributed by atoms with van der Waals surface area (Å²) in [5.41, 5.74) is 2.01. The molecule has 0 fully saturated rings. The summed E-state index contributed by atoms with van der Waals surface area (Å²) in [7, 11) is 0. The van der Waals surface area contributed by atoms with E-state index in [2.05, 4.69) is 35.6 Å². The maximum Gasteiger partial charge on any atom is 0.118 e. The van der Waals surface area contributed by atoms with E-state index in [4.69, 9.17) is 0 Å². The zero-order valence-electron chi connectivity index (χ0n) is 16.1. The number of halogens is 2. The van der Waals surface area contributed by atoms with Gasteiger partial charge in [0, 0.05) is 30.7 Å². The van der Waals surface area contributed by atoms with Crippen LogP contribution < -0.4 is 4.90 Å². The van der Waals surface area contributed by atoms with Crippen molar-refractivity contribution < 1.29 is 5.11 Å². The van der Waals surface area contributed by atoms with Crippen molar-refractivity contribution in [1.82, 2.24) is 9.88 Å². The predicted octanol–water partition coefficient (Wildman–Crippen LogP) is 5.43. The maximum absolute atomic E-state index is 10.0. The standard InChI is InChI=1S/C20H31N3O.2BrH/c1-4-22(5-2)13-8-7-9-14-23(6-3)19-16-18(24)15-17-11-10-12-21-20(17)19;;/h10-12,15-16,24H,4-9,13-14H2,1-3H3;2*1H. The first-order chi connectivity index (χ1) is 11.7. The molecule has 26 heavy (non-hydrogen) atoms. The first-order valence-electron chi connectivity index (χ1n) is 9.24. The Kier molecular flexibility index (Phi) is 12.9. The summed E-state index contributed by atoms with van der Waals surface area (Å²) in [5.74, 6) is 0.311. The number of hydrogen-bond donors (Lipinski definition) is 1. The zero-order valence-corrected chi connectivity index (χ0v) is 19.6. The maximum atomic E-state index is 10.0. The minimum atomic E-state index is 0. The lowest BCUT2D eigenvalue weighted by atomic mass is 10.1. The summed E-state index contributed by atoms with van der Waals surface area (Å²) in [6.45, 7) is 12.0. The van der Waals surface area contributed by atoms with Gasteiger partial charge in [0.05, 0.1) is 11.2 Å². The third-order valence-electron chi connectivity index (χ3n) is 4.69. The molecule has 2 aromatic rings. The SMILES string of the molecule is Br.Br.CCN(CC)CCCCCN(CC)c1cc(O)cc2cccnc12. The van der Waals surface area contributed by atoms with Gasteiger partial charge in [0.1, 0.15) is 5.75 Å². The van der Waals surface area contributed by atoms with E-state index in [1.807, 2.05) is 24.4 Å². The molecule has 0 aliphatic carbocycles. The molecule has 148 valence electrons. The Morgan fingerprint density at radius 1 is 0.923 bits per heavy atom. The molecule has 6 heteroatoms. The third kappa shape index (κ3) is 7.05. The van der Waals surface area contributed by atoms with Crippen molar-refractivity contribution in [3.8, 4) is 5.75 Å². The van der Waals surface area contributed by atoms with Crippen LogP contribution in [0.3, 0.4) is 0 Å². The summed E-state index contributed by atoms with van der Waals surface area (Å²) in [4.78, 5) is 9.32. The van der Waals surface area contributed by atoms with E-state index in [-0.39, 0.29) is 34.0 Å². The van der Waals surface area contributed by atoms with Crippen LogP contribution in [0.2, 0.25) is 0 Å². The average Bonchev–Trinajstić information content (AvgIpc) is 2.61. The number of phenols is 1. The highest BCUT2D eigenvalue weighted by Crippen LogP contribution is 2.30. The summed E-state index contributed by atoms with van der Waals surface area (Å²) in [6.07, 6.45) is 5.47. The number of anilines is 1. The highest BCUT2D eigenvalue weighted by Gasteiger charge is 2.11. The number of benzene rings is 1. The van der Waals surface area contributed by atoms with E-state index in [1.54, 1.807) is 6.07 Å². The smallest absolute Gasteiger partial charge is 0.118 e. The first-order valence-corrected chi connectivity index (χ1v) is 9.24. The molecule has 2 rings (SSSR count). The van der Waals surface area contributed by atoms with Gasteiger partial charge < -0.3 is 14.9 Å². The quantitative estimate of drug-likeness (QED) is 0.450. The van der Waals surface area contributed by atoms with Gasteiger partial charge in [0.15, 0.2) is 0 Å². The molecule has 0 saturated heterocycles. The van der Waals surface area contributed by atoms with E-state index in [0.717, 1.165) is 42.8 Å². The second kappa shape index (κ2) is 13.3. The Bertz CT molecular complexity index is 635. The van der Waals surface area contributed by atoms with Crippen molar-refractivity contribution in [3.63, 3.8) is 0 Å². The fourth-order valence-corrected chi connectivity index (χ4v) is 3.20. The van der Waals surface area contributed by atoms with Crippen molar-refractivity contribution in [2.45, 2.75) is 40.0 Å². The monoisotopic (exact) mass is 489 g/mol. The lowest BCUT2D eigenvalue weighted by Gasteiger charge is -2.25. The largest absolute Gasteiger partial charge is 0.508 e. The lowest BCUT2D eigenvalue weighted by Crippen LogP contribution is -2.26. The van der Waals surface area contributed by atoms with Gasteiger partial charge in [-0.1, -0.05) is 26.3 Å². The van der Waals surface area contributed by atoms with E-state index in [0.29, 0.717) is 5.75 Å². The number of aromatic hydroxyl groups is 1. The molecule has 0 aliphatic heterocycles. The van der Waals surface area contributed by atoms with Crippen LogP contribution in [0.4, 0.5) is 5.69 Å². The molecule has 1 aromatic heterocycles. The van der Waals surface area contributed by atoms with E-state index >= 15 is 0 Å². The normalized spacial score (nSPS) is 10.5. The number of unbranched alkanes of at least 4 members (excludes halogenated alkanes) is 2. The van der Waals surface area contributed by atoms with Gasteiger partial charge >= 0.3 is 0 Å². The second-order valence-electron chi connectivity index (χ2n) is 6.21. The molecular formula is C20H33Br2N3O. The summed E-state index contributed by atoms with van der Waals surface area (Å²) in [6, 6.07) is 7.54. The number of phenolic OH excluding ortho intramolecular Hbond substituents is 1. The molecule has 0 spiro atoms. The average molecular weight is 491 g/mol. The Balaban J connectivity index is 0.00000312. The van der Waals surface area contributed by atoms with Gasteiger partial charge in [-0.15, -0.1) is 34.0 Å². The van der Waals surface area contributed by atoms with E-state index in [9.17, 15) is 5.11 Å². The molecule has 0 atom stereocenters. The fourth-order valence-electron chi connectivity index (χ4n) is 3.20. The van der Waals surface area contributed by atoms with Crippen LogP contribution in [0.1, 0.15) is 40.0 Å². The van der Waals surface area contributed by atoms with Crippen molar-refractivity contribution in [2.24, 2.45) is 0 Å². The molecule has 0 radical (unpaired) electrons. The number of aromatic nitrogens is 1. The number of pyridine rings is 1. The van der Waals surface area contributed by atoms with Gasteiger partial charge in [-0.25, -0.2) is 0 Å². The van der Waals surface area contributed by atoms with Gasteiger partial charge in [0.25, 0.3) is 0 Å². The molecule has 0 aliphatic rings. The predicted molar refractivity (Wildman–Crippen MR) is 124 cm³/mol. The molecular weight excluding hydrogens is 458 g/mol. The van der Waals surface area contributed by atoms with E-state index < -0.39 is 0 Å². The summed E-state index contributed by atoms with van der Waals surface area (Å²) >= 11 is 0. The molecule has 1 aromatic carbocycles. The molecule has 1 heterocycles. The van der Waals surface area contributed by atoms with Crippen LogP contribution >= 0.6 is 34.0 Å².